The Bertz CT molecular complexity index is 450. The first-order valence-corrected chi connectivity index (χ1v) is 5.32. The monoisotopic (exact) mass is 215 g/mol. The van der Waals surface area contributed by atoms with Gasteiger partial charge < -0.3 is 4.90 Å². The van der Waals surface area contributed by atoms with E-state index in [1.807, 2.05) is 17.0 Å². The molecule has 2 rings (SSSR count). The van der Waals surface area contributed by atoms with Crippen LogP contribution < -0.4 is 0 Å². The van der Waals surface area contributed by atoms with Crippen molar-refractivity contribution in [2.75, 3.05) is 6.54 Å². The number of carbonyl (C=O) groups excluding carboxylic acids is 1. The van der Waals surface area contributed by atoms with Gasteiger partial charge in [-0.05, 0) is 23.6 Å². The van der Waals surface area contributed by atoms with Crippen LogP contribution in [0.15, 0.2) is 18.3 Å². The third-order valence-electron chi connectivity index (χ3n) is 2.72. The second kappa shape index (κ2) is 4.31. The molecule has 1 aliphatic heterocycles. The SMILES string of the molecule is CC1CC(=O)N(Cc2ccnc(C#N)c2)C1. The van der Waals surface area contributed by atoms with Gasteiger partial charge in [0.15, 0.2) is 0 Å². The first kappa shape index (κ1) is 10.6. The molecule has 1 aromatic heterocycles. The molecule has 2 heterocycles. The van der Waals surface area contributed by atoms with Crippen LogP contribution >= 0.6 is 0 Å². The molecule has 0 spiro atoms. The highest BCUT2D eigenvalue weighted by molar-refractivity contribution is 5.78. The molecule has 1 amide bonds. The van der Waals surface area contributed by atoms with E-state index < -0.39 is 0 Å². The predicted octanol–water partition coefficient (Wildman–Crippen LogP) is 1.32. The van der Waals surface area contributed by atoms with Crippen molar-refractivity contribution in [3.05, 3.63) is 29.6 Å². The summed E-state index contributed by atoms with van der Waals surface area (Å²) >= 11 is 0. The molecule has 0 saturated carbocycles. The van der Waals surface area contributed by atoms with Gasteiger partial charge in [0.05, 0.1) is 0 Å². The molecule has 1 aromatic rings. The lowest BCUT2D eigenvalue weighted by Crippen LogP contribution is -2.24. The van der Waals surface area contributed by atoms with Gasteiger partial charge >= 0.3 is 0 Å². The van der Waals surface area contributed by atoms with Crippen LogP contribution in [0.3, 0.4) is 0 Å². The van der Waals surface area contributed by atoms with Crippen molar-refractivity contribution < 1.29 is 4.79 Å². The first-order valence-electron chi connectivity index (χ1n) is 5.32. The van der Waals surface area contributed by atoms with Gasteiger partial charge in [-0.2, -0.15) is 5.26 Å². The summed E-state index contributed by atoms with van der Waals surface area (Å²) in [6, 6.07) is 5.57. The van der Waals surface area contributed by atoms with E-state index in [4.69, 9.17) is 5.26 Å². The van der Waals surface area contributed by atoms with E-state index in [-0.39, 0.29) is 5.91 Å². The topological polar surface area (TPSA) is 57.0 Å². The Kier molecular flexibility index (Phi) is 2.86. The number of pyridine rings is 1. The summed E-state index contributed by atoms with van der Waals surface area (Å²) in [5.41, 5.74) is 1.37. The number of amides is 1. The largest absolute Gasteiger partial charge is 0.338 e. The third-order valence-corrected chi connectivity index (χ3v) is 2.72. The fourth-order valence-electron chi connectivity index (χ4n) is 1.98. The van der Waals surface area contributed by atoms with Gasteiger partial charge in [0.2, 0.25) is 5.91 Å². The Labute approximate surface area is 94.5 Å². The normalized spacial score (nSPS) is 19.9. The van der Waals surface area contributed by atoms with Crippen molar-refractivity contribution >= 4 is 5.91 Å². The molecular weight excluding hydrogens is 202 g/mol. The molecule has 0 N–H and O–H groups in total. The summed E-state index contributed by atoms with van der Waals surface area (Å²) in [6.45, 7) is 3.47. The molecule has 16 heavy (non-hydrogen) atoms. The van der Waals surface area contributed by atoms with Gasteiger partial charge in [0.25, 0.3) is 0 Å². The zero-order valence-electron chi connectivity index (χ0n) is 9.18. The smallest absolute Gasteiger partial charge is 0.223 e. The lowest BCUT2D eigenvalue weighted by atomic mass is 10.2. The zero-order chi connectivity index (χ0) is 11.5. The summed E-state index contributed by atoms with van der Waals surface area (Å²) in [5.74, 6) is 0.632. The van der Waals surface area contributed by atoms with Gasteiger partial charge in [-0.3, -0.25) is 4.79 Å². The summed E-state index contributed by atoms with van der Waals surface area (Å²) < 4.78 is 0. The number of nitrogens with zero attached hydrogens (tertiary/aromatic N) is 3. The van der Waals surface area contributed by atoms with E-state index >= 15 is 0 Å². The molecule has 1 unspecified atom stereocenters. The maximum absolute atomic E-state index is 11.6. The molecule has 0 aromatic carbocycles. The van der Waals surface area contributed by atoms with Crippen molar-refractivity contribution in [2.45, 2.75) is 19.9 Å². The number of nitriles is 1. The highest BCUT2D eigenvalue weighted by Gasteiger charge is 2.26. The van der Waals surface area contributed by atoms with Crippen LogP contribution in [0.2, 0.25) is 0 Å². The standard InChI is InChI=1S/C12H13N3O/c1-9-4-12(16)15(7-9)8-10-2-3-14-11(5-10)6-13/h2-3,5,9H,4,7-8H2,1H3. The number of rotatable bonds is 2. The first-order chi connectivity index (χ1) is 7.69. The molecular formula is C12H13N3O. The van der Waals surface area contributed by atoms with Crippen LogP contribution in [0.5, 0.6) is 0 Å². The zero-order valence-corrected chi connectivity index (χ0v) is 9.18. The molecule has 1 aliphatic rings. The second-order valence-corrected chi connectivity index (χ2v) is 4.24. The highest BCUT2D eigenvalue weighted by Crippen LogP contribution is 2.19. The Balaban J connectivity index is 2.09. The van der Waals surface area contributed by atoms with E-state index in [1.165, 1.54) is 0 Å². The summed E-state index contributed by atoms with van der Waals surface area (Å²) in [4.78, 5) is 17.3. The molecule has 0 radical (unpaired) electrons. The van der Waals surface area contributed by atoms with E-state index in [9.17, 15) is 4.79 Å². The summed E-state index contributed by atoms with van der Waals surface area (Å²) in [6.07, 6.45) is 2.24. The molecule has 1 saturated heterocycles. The lowest BCUT2D eigenvalue weighted by Gasteiger charge is -2.15. The lowest BCUT2D eigenvalue weighted by molar-refractivity contribution is -0.128. The average molecular weight is 215 g/mol. The predicted molar refractivity (Wildman–Crippen MR) is 58.2 cm³/mol. The van der Waals surface area contributed by atoms with Crippen molar-refractivity contribution in [1.82, 2.24) is 9.88 Å². The van der Waals surface area contributed by atoms with E-state index in [2.05, 4.69) is 11.9 Å². The number of aromatic nitrogens is 1. The van der Waals surface area contributed by atoms with Crippen molar-refractivity contribution in [3.8, 4) is 6.07 Å². The van der Waals surface area contributed by atoms with Gasteiger partial charge in [0, 0.05) is 25.7 Å². The second-order valence-electron chi connectivity index (χ2n) is 4.24. The van der Waals surface area contributed by atoms with E-state index in [0.29, 0.717) is 24.6 Å². The maximum atomic E-state index is 11.6. The Morgan fingerprint density at radius 3 is 3.12 bits per heavy atom. The highest BCUT2D eigenvalue weighted by atomic mass is 16.2. The van der Waals surface area contributed by atoms with Crippen molar-refractivity contribution in [1.29, 1.82) is 5.26 Å². The number of carbonyl (C=O) groups is 1. The quantitative estimate of drug-likeness (QED) is 0.747. The fourth-order valence-corrected chi connectivity index (χ4v) is 1.98. The number of hydrogen-bond donors (Lipinski definition) is 0. The van der Waals surface area contributed by atoms with Crippen LogP contribution in [0.4, 0.5) is 0 Å². The Morgan fingerprint density at radius 2 is 2.50 bits per heavy atom. The third kappa shape index (κ3) is 2.19. The van der Waals surface area contributed by atoms with Gasteiger partial charge in [0.1, 0.15) is 11.8 Å². The summed E-state index contributed by atoms with van der Waals surface area (Å²) in [5, 5.41) is 8.72. The minimum Gasteiger partial charge on any atom is -0.338 e. The van der Waals surface area contributed by atoms with Gasteiger partial charge in [-0.15, -0.1) is 0 Å². The molecule has 1 atom stereocenters. The van der Waals surface area contributed by atoms with Gasteiger partial charge in [-0.1, -0.05) is 6.92 Å². The van der Waals surface area contributed by atoms with Crippen LogP contribution in [0.25, 0.3) is 0 Å². The molecule has 0 bridgehead atoms. The Morgan fingerprint density at radius 1 is 1.69 bits per heavy atom. The molecule has 4 nitrogen and oxygen atoms in total. The molecule has 1 fully saturated rings. The Hall–Kier alpha value is -1.89. The molecule has 0 aliphatic carbocycles. The summed E-state index contributed by atoms with van der Waals surface area (Å²) in [7, 11) is 0. The minimum atomic E-state index is 0.197. The van der Waals surface area contributed by atoms with Crippen molar-refractivity contribution in [3.63, 3.8) is 0 Å². The molecule has 4 heteroatoms. The van der Waals surface area contributed by atoms with Crippen molar-refractivity contribution in [2.24, 2.45) is 5.92 Å². The van der Waals surface area contributed by atoms with Crippen LogP contribution in [0, 0.1) is 17.2 Å². The van der Waals surface area contributed by atoms with Crippen LogP contribution in [0.1, 0.15) is 24.6 Å². The number of hydrogen-bond acceptors (Lipinski definition) is 3. The van der Waals surface area contributed by atoms with Gasteiger partial charge in [-0.25, -0.2) is 4.98 Å². The fraction of sp³-hybridized carbons (Fsp3) is 0.417. The molecule has 82 valence electrons. The maximum Gasteiger partial charge on any atom is 0.223 e. The van der Waals surface area contributed by atoms with E-state index in [0.717, 1.165) is 12.1 Å². The van der Waals surface area contributed by atoms with Crippen LogP contribution in [-0.4, -0.2) is 22.3 Å². The number of likely N-dealkylation sites (tertiary alicyclic amines) is 1. The average Bonchev–Trinajstić information content (AvgIpc) is 2.58. The van der Waals surface area contributed by atoms with Crippen LogP contribution in [-0.2, 0) is 11.3 Å². The minimum absolute atomic E-state index is 0.197. The van der Waals surface area contributed by atoms with E-state index in [1.54, 1.807) is 12.3 Å².